The lowest BCUT2D eigenvalue weighted by Gasteiger charge is -2.39. The monoisotopic (exact) mass is 440 g/mol. The first-order valence-corrected chi connectivity index (χ1v) is 11.5. The Kier molecular flexibility index (Phi) is 7.13. The second-order valence-electron chi connectivity index (χ2n) is 8.42. The number of hydrogen-bond acceptors (Lipinski definition) is 3. The summed E-state index contributed by atoms with van der Waals surface area (Å²) in [5.74, 6) is 0.878. The van der Waals surface area contributed by atoms with Gasteiger partial charge in [-0.25, -0.2) is 0 Å². The summed E-state index contributed by atoms with van der Waals surface area (Å²) >= 11 is 6.00. The first-order valence-electron chi connectivity index (χ1n) is 11.1. The first kappa shape index (κ1) is 21.7. The number of benzene rings is 2. The fraction of sp³-hybridized carbons (Fsp3) is 0.440. The van der Waals surface area contributed by atoms with Crippen LogP contribution in [0.5, 0.6) is 5.75 Å². The first-order chi connectivity index (χ1) is 15.1. The molecule has 2 amide bonds. The highest BCUT2D eigenvalue weighted by Crippen LogP contribution is 2.28. The maximum absolute atomic E-state index is 13.0. The zero-order chi connectivity index (χ0) is 21.6. The normalized spacial score (nSPS) is 21.6. The number of amides is 2. The molecule has 0 bridgehead atoms. The molecule has 0 unspecified atom stereocenters. The van der Waals surface area contributed by atoms with E-state index in [1.165, 1.54) is 6.42 Å². The van der Waals surface area contributed by atoms with Gasteiger partial charge in [-0.2, -0.15) is 0 Å². The highest BCUT2D eigenvalue weighted by molar-refractivity contribution is 6.30. The van der Waals surface area contributed by atoms with E-state index in [4.69, 9.17) is 16.3 Å². The summed E-state index contributed by atoms with van der Waals surface area (Å²) in [5.41, 5.74) is 0.681. The summed E-state index contributed by atoms with van der Waals surface area (Å²) in [7, 11) is 0. The van der Waals surface area contributed by atoms with Crippen LogP contribution in [0.15, 0.2) is 54.6 Å². The molecule has 0 aliphatic carbocycles. The van der Waals surface area contributed by atoms with Crippen LogP contribution in [0.25, 0.3) is 0 Å². The fourth-order valence-electron chi connectivity index (χ4n) is 4.49. The molecule has 2 aromatic carbocycles. The lowest BCUT2D eigenvalue weighted by atomic mass is 9.90. The van der Waals surface area contributed by atoms with E-state index in [2.05, 4.69) is 0 Å². The Balaban J connectivity index is 1.48. The van der Waals surface area contributed by atoms with E-state index in [0.717, 1.165) is 31.7 Å². The third-order valence-electron chi connectivity index (χ3n) is 6.22. The molecule has 0 N–H and O–H groups in total. The molecule has 2 heterocycles. The number of ether oxygens (including phenoxy) is 1. The zero-order valence-electron chi connectivity index (χ0n) is 17.7. The van der Waals surface area contributed by atoms with Crippen molar-refractivity contribution in [1.29, 1.82) is 0 Å². The molecule has 2 fully saturated rings. The van der Waals surface area contributed by atoms with Crippen molar-refractivity contribution in [3.63, 3.8) is 0 Å². The van der Waals surface area contributed by atoms with Crippen LogP contribution in [0.4, 0.5) is 0 Å². The molecule has 2 atom stereocenters. The number of rotatable bonds is 5. The van der Waals surface area contributed by atoms with Gasteiger partial charge in [0.1, 0.15) is 11.9 Å². The van der Waals surface area contributed by atoms with Gasteiger partial charge in [0.25, 0.3) is 5.91 Å². The van der Waals surface area contributed by atoms with Crippen molar-refractivity contribution in [2.75, 3.05) is 26.2 Å². The quantitative estimate of drug-likeness (QED) is 0.679. The van der Waals surface area contributed by atoms with Crippen molar-refractivity contribution in [2.24, 2.45) is 5.92 Å². The zero-order valence-corrected chi connectivity index (χ0v) is 18.5. The van der Waals surface area contributed by atoms with Crippen LogP contribution in [0.1, 0.15) is 42.5 Å². The summed E-state index contributed by atoms with van der Waals surface area (Å²) in [6, 6.07) is 16.7. The molecule has 164 valence electrons. The summed E-state index contributed by atoms with van der Waals surface area (Å²) in [6.07, 6.45) is 4.30. The maximum atomic E-state index is 13.0. The molecule has 6 heteroatoms. The van der Waals surface area contributed by atoms with Gasteiger partial charge in [0.2, 0.25) is 5.91 Å². The van der Waals surface area contributed by atoms with Crippen LogP contribution in [-0.4, -0.2) is 53.9 Å². The Morgan fingerprint density at radius 3 is 2.32 bits per heavy atom. The van der Waals surface area contributed by atoms with Crippen molar-refractivity contribution in [1.82, 2.24) is 9.80 Å². The average Bonchev–Trinajstić information content (AvgIpc) is 2.82. The molecule has 2 saturated heterocycles. The van der Waals surface area contributed by atoms with Crippen LogP contribution in [-0.2, 0) is 4.79 Å². The average molecular weight is 441 g/mol. The molecule has 0 saturated carbocycles. The number of carbonyl (C=O) groups is 2. The molecular weight excluding hydrogens is 412 g/mol. The van der Waals surface area contributed by atoms with Gasteiger partial charge in [0.05, 0.1) is 0 Å². The lowest BCUT2D eigenvalue weighted by molar-refractivity contribution is -0.134. The summed E-state index contributed by atoms with van der Waals surface area (Å²) in [6.45, 7) is 2.80. The van der Waals surface area contributed by atoms with Gasteiger partial charge in [0, 0.05) is 55.5 Å². The van der Waals surface area contributed by atoms with Crippen LogP contribution < -0.4 is 4.74 Å². The van der Waals surface area contributed by atoms with E-state index in [-0.39, 0.29) is 23.8 Å². The van der Waals surface area contributed by atoms with Gasteiger partial charge in [-0.3, -0.25) is 9.59 Å². The molecule has 0 radical (unpaired) electrons. The van der Waals surface area contributed by atoms with Gasteiger partial charge < -0.3 is 14.5 Å². The molecule has 31 heavy (non-hydrogen) atoms. The number of hydrogen-bond donors (Lipinski definition) is 0. The van der Waals surface area contributed by atoms with Crippen molar-refractivity contribution in [3.8, 4) is 5.75 Å². The van der Waals surface area contributed by atoms with Crippen molar-refractivity contribution in [3.05, 3.63) is 65.2 Å². The molecule has 5 nitrogen and oxygen atoms in total. The predicted molar refractivity (Wildman–Crippen MR) is 121 cm³/mol. The van der Waals surface area contributed by atoms with Crippen LogP contribution in [0.2, 0.25) is 5.02 Å². The Morgan fingerprint density at radius 2 is 1.61 bits per heavy atom. The van der Waals surface area contributed by atoms with E-state index >= 15 is 0 Å². The molecule has 4 rings (SSSR count). The van der Waals surface area contributed by atoms with Crippen LogP contribution in [0.3, 0.4) is 0 Å². The molecule has 0 spiro atoms. The second kappa shape index (κ2) is 10.2. The minimum Gasteiger partial charge on any atom is -0.490 e. The van der Waals surface area contributed by atoms with Crippen molar-refractivity contribution >= 4 is 23.4 Å². The van der Waals surface area contributed by atoms with E-state index in [0.29, 0.717) is 36.5 Å². The highest BCUT2D eigenvalue weighted by atomic mass is 35.5. The molecule has 2 aliphatic rings. The Labute approximate surface area is 188 Å². The highest BCUT2D eigenvalue weighted by Gasteiger charge is 2.35. The summed E-state index contributed by atoms with van der Waals surface area (Å²) < 4.78 is 6.28. The SMILES string of the molecule is O=C(C[C@H]1CN(C(=O)c2ccccc2)CC[C@@H]1Oc1ccc(Cl)cc1)N1CCCCC1. The van der Waals surface area contributed by atoms with Crippen LogP contribution >= 0.6 is 11.6 Å². The number of likely N-dealkylation sites (tertiary alicyclic amines) is 2. The van der Waals surface area contributed by atoms with E-state index < -0.39 is 0 Å². The number of halogens is 1. The Bertz CT molecular complexity index is 881. The van der Waals surface area contributed by atoms with Crippen molar-refractivity contribution in [2.45, 2.75) is 38.2 Å². The van der Waals surface area contributed by atoms with Crippen LogP contribution in [0, 0.1) is 5.92 Å². The van der Waals surface area contributed by atoms with E-state index in [1.54, 1.807) is 12.1 Å². The van der Waals surface area contributed by atoms with E-state index in [9.17, 15) is 9.59 Å². The van der Waals surface area contributed by atoms with E-state index in [1.807, 2.05) is 52.3 Å². The lowest BCUT2D eigenvalue weighted by Crippen LogP contribution is -2.49. The summed E-state index contributed by atoms with van der Waals surface area (Å²) in [4.78, 5) is 29.9. The number of nitrogens with zero attached hydrogens (tertiary/aromatic N) is 2. The third kappa shape index (κ3) is 5.59. The molecule has 0 aromatic heterocycles. The third-order valence-corrected chi connectivity index (χ3v) is 6.47. The predicted octanol–water partition coefficient (Wildman–Crippen LogP) is 4.65. The Hall–Kier alpha value is -2.53. The van der Waals surface area contributed by atoms with Gasteiger partial charge in [-0.05, 0) is 55.7 Å². The molecular formula is C25H29ClN2O3. The number of piperidine rings is 2. The standard InChI is InChI=1S/C25H29ClN2O3/c26-21-9-11-22(12-10-21)31-23-13-16-28(25(30)19-7-3-1-4-8-19)18-20(23)17-24(29)27-14-5-2-6-15-27/h1,3-4,7-12,20,23H,2,5-6,13-18H2/t20-,23-/m0/s1. The smallest absolute Gasteiger partial charge is 0.253 e. The molecule has 2 aromatic rings. The minimum absolute atomic E-state index is 0.0148. The van der Waals surface area contributed by atoms with Gasteiger partial charge in [0.15, 0.2) is 0 Å². The summed E-state index contributed by atoms with van der Waals surface area (Å²) in [5, 5.41) is 0.660. The topological polar surface area (TPSA) is 49.9 Å². The fourth-order valence-corrected chi connectivity index (χ4v) is 4.62. The Morgan fingerprint density at radius 1 is 0.903 bits per heavy atom. The second-order valence-corrected chi connectivity index (χ2v) is 8.86. The van der Waals surface area contributed by atoms with Gasteiger partial charge >= 0.3 is 0 Å². The van der Waals surface area contributed by atoms with Gasteiger partial charge in [-0.1, -0.05) is 29.8 Å². The van der Waals surface area contributed by atoms with Crippen molar-refractivity contribution < 1.29 is 14.3 Å². The minimum atomic E-state index is -0.116. The molecule has 2 aliphatic heterocycles. The van der Waals surface area contributed by atoms with Gasteiger partial charge in [-0.15, -0.1) is 0 Å². The number of carbonyl (C=O) groups excluding carboxylic acids is 2. The maximum Gasteiger partial charge on any atom is 0.253 e. The largest absolute Gasteiger partial charge is 0.490 e.